The molecule has 0 spiro atoms. The summed E-state index contributed by atoms with van der Waals surface area (Å²) in [5, 5.41) is 1.95. The Hall–Kier alpha value is -2.20. The van der Waals surface area contributed by atoms with Crippen LogP contribution in [0.1, 0.15) is 12.0 Å². The average Bonchev–Trinajstić information content (AvgIpc) is 3.03. The summed E-state index contributed by atoms with van der Waals surface area (Å²) in [5.41, 5.74) is 0.553. The molecule has 7 nitrogen and oxygen atoms in total. The minimum Gasteiger partial charge on any atom is -0.351 e. The highest BCUT2D eigenvalue weighted by Crippen LogP contribution is 2.32. The lowest BCUT2D eigenvalue weighted by molar-refractivity contribution is -0.129. The third-order valence-electron chi connectivity index (χ3n) is 3.94. The topological polar surface area (TPSA) is 101 Å². The molecule has 0 saturated carbocycles. The summed E-state index contributed by atoms with van der Waals surface area (Å²) >= 11 is 0.694. The lowest BCUT2D eigenvalue weighted by Crippen LogP contribution is -2.43. The minimum atomic E-state index is -3.14. The first kappa shape index (κ1) is 18.6. The van der Waals surface area contributed by atoms with Gasteiger partial charge in [-0.2, -0.15) is 0 Å². The fourth-order valence-electron chi connectivity index (χ4n) is 2.67. The third-order valence-corrected chi connectivity index (χ3v) is 6.62. The number of sulfone groups is 1. The van der Waals surface area contributed by atoms with E-state index in [1.54, 1.807) is 0 Å². The first-order valence-corrected chi connectivity index (χ1v) is 10.4. The minimum absolute atomic E-state index is 0.0138. The number of nitrogens with zero attached hydrogens (tertiary/aromatic N) is 1. The van der Waals surface area contributed by atoms with Crippen molar-refractivity contribution in [2.24, 2.45) is 0 Å². The van der Waals surface area contributed by atoms with E-state index in [2.05, 4.69) is 5.32 Å². The number of hydrogen-bond acceptors (Lipinski definition) is 6. The third kappa shape index (κ3) is 4.31. The van der Waals surface area contributed by atoms with Crippen molar-refractivity contribution in [1.29, 1.82) is 0 Å². The molecule has 2 saturated heterocycles. The summed E-state index contributed by atoms with van der Waals surface area (Å²) in [7, 11) is -3.14. The van der Waals surface area contributed by atoms with Gasteiger partial charge in [0, 0.05) is 6.04 Å². The van der Waals surface area contributed by atoms with Gasteiger partial charge in [0.25, 0.3) is 11.1 Å². The van der Waals surface area contributed by atoms with E-state index in [1.165, 1.54) is 30.3 Å². The molecular weight excluding hydrogens is 383 g/mol. The second-order valence-electron chi connectivity index (χ2n) is 5.99. The molecule has 3 rings (SSSR count). The van der Waals surface area contributed by atoms with Crippen molar-refractivity contribution in [3.05, 3.63) is 40.6 Å². The molecule has 1 N–H and O–H groups in total. The molecule has 2 aliphatic heterocycles. The van der Waals surface area contributed by atoms with Crippen LogP contribution in [0, 0.1) is 5.82 Å². The van der Waals surface area contributed by atoms with E-state index in [1.807, 2.05) is 0 Å². The SMILES string of the molecule is O=C(CN1C(=O)SC(=Cc2ccc(F)cc2)C1=O)NC1CCS(=O)(=O)C1. The highest BCUT2D eigenvalue weighted by molar-refractivity contribution is 8.18. The van der Waals surface area contributed by atoms with E-state index < -0.39 is 45.3 Å². The van der Waals surface area contributed by atoms with Crippen LogP contribution in [0.15, 0.2) is 29.2 Å². The van der Waals surface area contributed by atoms with Crippen molar-refractivity contribution in [3.8, 4) is 0 Å². The highest BCUT2D eigenvalue weighted by Gasteiger charge is 2.37. The predicted molar refractivity (Wildman–Crippen MR) is 94.3 cm³/mol. The number of carbonyl (C=O) groups excluding carboxylic acids is 3. The molecule has 10 heteroatoms. The quantitative estimate of drug-likeness (QED) is 0.764. The van der Waals surface area contributed by atoms with Gasteiger partial charge < -0.3 is 5.32 Å². The predicted octanol–water partition coefficient (Wildman–Crippen LogP) is 1.17. The van der Waals surface area contributed by atoms with Gasteiger partial charge in [-0.3, -0.25) is 19.3 Å². The van der Waals surface area contributed by atoms with Crippen LogP contribution in [0.5, 0.6) is 0 Å². The zero-order valence-electron chi connectivity index (χ0n) is 13.5. The maximum atomic E-state index is 12.9. The van der Waals surface area contributed by atoms with Crippen LogP contribution in [-0.4, -0.2) is 54.5 Å². The number of nitrogens with one attached hydrogen (secondary N) is 1. The fourth-order valence-corrected chi connectivity index (χ4v) is 5.18. The van der Waals surface area contributed by atoms with Crippen LogP contribution >= 0.6 is 11.8 Å². The Kier molecular flexibility index (Phi) is 5.15. The number of amides is 3. The Morgan fingerprint density at radius 1 is 1.31 bits per heavy atom. The standard InChI is InChI=1S/C16H15FN2O5S2/c17-11-3-1-10(2-4-11)7-13-15(21)19(16(22)25-13)8-14(20)18-12-5-6-26(23,24)9-12/h1-4,7,12H,5-6,8-9H2,(H,18,20). The smallest absolute Gasteiger partial charge is 0.294 e. The molecule has 1 aromatic rings. The largest absolute Gasteiger partial charge is 0.351 e. The molecule has 1 aromatic carbocycles. The Labute approximate surface area is 153 Å². The van der Waals surface area contributed by atoms with Crippen molar-refractivity contribution in [1.82, 2.24) is 10.2 Å². The molecular formula is C16H15FN2O5S2. The molecule has 0 aromatic heterocycles. The zero-order valence-corrected chi connectivity index (χ0v) is 15.1. The molecule has 1 atom stereocenters. The van der Waals surface area contributed by atoms with Gasteiger partial charge in [-0.25, -0.2) is 12.8 Å². The van der Waals surface area contributed by atoms with Gasteiger partial charge in [-0.1, -0.05) is 12.1 Å². The molecule has 0 radical (unpaired) electrons. The van der Waals surface area contributed by atoms with Gasteiger partial charge in [0.1, 0.15) is 12.4 Å². The van der Waals surface area contributed by atoms with Crippen LogP contribution in [0.2, 0.25) is 0 Å². The molecule has 1 unspecified atom stereocenters. The molecule has 0 aliphatic carbocycles. The van der Waals surface area contributed by atoms with Gasteiger partial charge in [-0.05, 0) is 42.0 Å². The van der Waals surface area contributed by atoms with E-state index in [0.29, 0.717) is 23.7 Å². The Morgan fingerprint density at radius 3 is 2.62 bits per heavy atom. The summed E-state index contributed by atoms with van der Waals surface area (Å²) in [6.45, 7) is -0.470. The number of rotatable bonds is 4. The van der Waals surface area contributed by atoms with Gasteiger partial charge in [0.05, 0.1) is 16.4 Å². The molecule has 26 heavy (non-hydrogen) atoms. The summed E-state index contributed by atoms with van der Waals surface area (Å²) in [6, 6.07) is 4.91. The molecule has 0 bridgehead atoms. The van der Waals surface area contributed by atoms with Crippen LogP contribution in [0.25, 0.3) is 6.08 Å². The number of hydrogen-bond donors (Lipinski definition) is 1. The number of carbonyl (C=O) groups is 3. The van der Waals surface area contributed by atoms with Crippen LogP contribution in [-0.2, 0) is 19.4 Å². The summed E-state index contributed by atoms with van der Waals surface area (Å²) in [4.78, 5) is 37.3. The molecule has 2 fully saturated rings. The number of benzene rings is 1. The van der Waals surface area contributed by atoms with Crippen molar-refractivity contribution < 1.29 is 27.2 Å². The van der Waals surface area contributed by atoms with Gasteiger partial charge in [0.15, 0.2) is 9.84 Å². The molecule has 3 amide bonds. The summed E-state index contributed by atoms with van der Waals surface area (Å²) < 4.78 is 35.7. The van der Waals surface area contributed by atoms with Crippen molar-refractivity contribution in [2.75, 3.05) is 18.1 Å². The second kappa shape index (κ2) is 7.20. The maximum absolute atomic E-state index is 12.9. The van der Waals surface area contributed by atoms with Gasteiger partial charge in [-0.15, -0.1) is 0 Å². The van der Waals surface area contributed by atoms with Crippen molar-refractivity contribution >= 4 is 44.7 Å². The number of halogens is 1. The maximum Gasteiger partial charge on any atom is 0.294 e. The summed E-state index contributed by atoms with van der Waals surface area (Å²) in [5.74, 6) is -1.73. The Bertz CT molecular complexity index is 896. The Balaban J connectivity index is 1.63. The lowest BCUT2D eigenvalue weighted by atomic mass is 10.2. The van der Waals surface area contributed by atoms with Gasteiger partial charge >= 0.3 is 0 Å². The second-order valence-corrected chi connectivity index (χ2v) is 9.21. The van der Waals surface area contributed by atoms with E-state index in [9.17, 15) is 27.2 Å². The number of imide groups is 1. The fraction of sp³-hybridized carbons (Fsp3) is 0.312. The molecule has 138 valence electrons. The molecule has 2 heterocycles. The summed E-state index contributed by atoms with van der Waals surface area (Å²) in [6.07, 6.45) is 1.77. The number of thioether (sulfide) groups is 1. The van der Waals surface area contributed by atoms with E-state index in [-0.39, 0.29) is 16.4 Å². The zero-order chi connectivity index (χ0) is 18.9. The van der Waals surface area contributed by atoms with Crippen LogP contribution in [0.4, 0.5) is 9.18 Å². The van der Waals surface area contributed by atoms with E-state index >= 15 is 0 Å². The van der Waals surface area contributed by atoms with E-state index in [0.717, 1.165) is 4.90 Å². The van der Waals surface area contributed by atoms with Crippen molar-refractivity contribution in [2.45, 2.75) is 12.5 Å². The highest BCUT2D eigenvalue weighted by atomic mass is 32.2. The normalized spacial score (nSPS) is 23.7. The van der Waals surface area contributed by atoms with E-state index in [4.69, 9.17) is 0 Å². The van der Waals surface area contributed by atoms with Gasteiger partial charge in [0.2, 0.25) is 5.91 Å². The van der Waals surface area contributed by atoms with Crippen LogP contribution in [0.3, 0.4) is 0 Å². The Morgan fingerprint density at radius 2 is 2.00 bits per heavy atom. The first-order valence-electron chi connectivity index (χ1n) is 7.74. The monoisotopic (exact) mass is 398 g/mol. The first-order chi connectivity index (χ1) is 12.2. The average molecular weight is 398 g/mol. The van der Waals surface area contributed by atoms with Crippen molar-refractivity contribution in [3.63, 3.8) is 0 Å². The van der Waals surface area contributed by atoms with Crippen LogP contribution < -0.4 is 5.32 Å². The lowest BCUT2D eigenvalue weighted by Gasteiger charge is -2.15. The molecule has 2 aliphatic rings.